The van der Waals surface area contributed by atoms with Crippen LogP contribution in [0.15, 0.2) is 170 Å². The van der Waals surface area contributed by atoms with E-state index in [1.807, 2.05) is 6.08 Å². The Kier molecular flexibility index (Phi) is 52.1. The van der Waals surface area contributed by atoms with Gasteiger partial charge in [0.15, 0.2) is 6.10 Å². The number of hydrogen-bond donors (Lipinski definition) is 0. The van der Waals surface area contributed by atoms with Gasteiger partial charge < -0.3 is 14.2 Å². The Morgan fingerprint density at radius 2 is 0.614 bits per heavy atom. The molecule has 0 rings (SSSR count). The lowest BCUT2D eigenvalue weighted by atomic mass is 10.1. The van der Waals surface area contributed by atoms with Crippen molar-refractivity contribution >= 4 is 17.9 Å². The Balaban J connectivity index is 4.63. The van der Waals surface area contributed by atoms with Crippen LogP contribution >= 0.6 is 0 Å². The number of carbonyl (C=O) groups excluding carboxylic acids is 3. The predicted octanol–water partition coefficient (Wildman–Crippen LogP) is 18.4. The van der Waals surface area contributed by atoms with Crippen molar-refractivity contribution in [2.75, 3.05) is 13.2 Å². The first-order chi connectivity index (χ1) is 34.5. The molecular formula is C64H96O6. The molecule has 0 aliphatic carbocycles. The first-order valence-corrected chi connectivity index (χ1v) is 27.1. The van der Waals surface area contributed by atoms with E-state index in [9.17, 15) is 14.4 Å². The Morgan fingerprint density at radius 1 is 0.314 bits per heavy atom. The molecule has 0 fully saturated rings. The fourth-order valence-electron chi connectivity index (χ4n) is 6.46. The minimum absolute atomic E-state index is 0.0721. The number of hydrogen-bond acceptors (Lipinski definition) is 6. The van der Waals surface area contributed by atoms with E-state index in [4.69, 9.17) is 14.2 Å². The summed E-state index contributed by atoms with van der Waals surface area (Å²) in [6, 6.07) is 0. The number of carbonyl (C=O) groups is 3. The fourth-order valence-corrected chi connectivity index (χ4v) is 6.46. The maximum Gasteiger partial charge on any atom is 0.310 e. The van der Waals surface area contributed by atoms with Crippen molar-refractivity contribution in [3.05, 3.63) is 170 Å². The highest BCUT2D eigenvalue weighted by atomic mass is 16.6. The quantitative estimate of drug-likeness (QED) is 0.0262. The molecule has 388 valence electrons. The van der Waals surface area contributed by atoms with Crippen LogP contribution in [0, 0.1) is 0 Å². The van der Waals surface area contributed by atoms with E-state index in [2.05, 4.69) is 179 Å². The van der Waals surface area contributed by atoms with E-state index in [1.165, 1.54) is 19.3 Å². The number of ether oxygens (including phenoxy) is 3. The third-order valence-electron chi connectivity index (χ3n) is 10.5. The molecule has 0 aliphatic rings. The molecule has 6 nitrogen and oxygen atoms in total. The molecule has 0 aromatic heterocycles. The Morgan fingerprint density at radius 3 is 1.00 bits per heavy atom. The summed E-state index contributed by atoms with van der Waals surface area (Å²) in [5.41, 5.74) is 0. The molecular weight excluding hydrogens is 865 g/mol. The Labute approximate surface area is 428 Å². The van der Waals surface area contributed by atoms with Crippen molar-refractivity contribution in [2.24, 2.45) is 0 Å². The maximum absolute atomic E-state index is 12.8. The van der Waals surface area contributed by atoms with Gasteiger partial charge in [-0.25, -0.2) is 0 Å². The van der Waals surface area contributed by atoms with E-state index < -0.39 is 12.1 Å². The third kappa shape index (κ3) is 53.7. The van der Waals surface area contributed by atoms with E-state index in [0.717, 1.165) is 122 Å². The lowest BCUT2D eigenvalue weighted by Crippen LogP contribution is -2.30. The number of unbranched alkanes of at least 4 members (excludes halogenated alkanes) is 8. The van der Waals surface area contributed by atoms with Gasteiger partial charge in [0.05, 0.1) is 6.42 Å². The predicted molar refractivity (Wildman–Crippen MR) is 301 cm³/mol. The van der Waals surface area contributed by atoms with Crippen LogP contribution in [-0.4, -0.2) is 37.2 Å². The molecule has 0 aromatic rings. The molecule has 6 heteroatoms. The first kappa shape index (κ1) is 64.8. The van der Waals surface area contributed by atoms with Crippen LogP contribution in [0.25, 0.3) is 0 Å². The van der Waals surface area contributed by atoms with Crippen molar-refractivity contribution in [3.63, 3.8) is 0 Å². The molecule has 1 unspecified atom stereocenters. The van der Waals surface area contributed by atoms with Crippen LogP contribution in [0.5, 0.6) is 0 Å². The minimum atomic E-state index is -0.871. The molecule has 0 radical (unpaired) electrons. The van der Waals surface area contributed by atoms with Crippen molar-refractivity contribution in [2.45, 2.75) is 200 Å². The molecule has 1 atom stereocenters. The zero-order valence-corrected chi connectivity index (χ0v) is 44.2. The van der Waals surface area contributed by atoms with Crippen molar-refractivity contribution in [1.82, 2.24) is 0 Å². The molecule has 0 heterocycles. The van der Waals surface area contributed by atoms with Gasteiger partial charge in [-0.2, -0.15) is 0 Å². The summed E-state index contributed by atoms with van der Waals surface area (Å²) < 4.78 is 16.6. The second-order valence-corrected chi connectivity index (χ2v) is 17.0. The maximum atomic E-state index is 12.8. The van der Waals surface area contributed by atoms with Gasteiger partial charge in [-0.3, -0.25) is 14.4 Å². The molecule has 0 aromatic carbocycles. The molecule has 70 heavy (non-hydrogen) atoms. The molecule has 0 amide bonds. The monoisotopic (exact) mass is 961 g/mol. The number of rotatable bonds is 46. The second kappa shape index (κ2) is 56.4. The van der Waals surface area contributed by atoms with Crippen molar-refractivity contribution in [3.8, 4) is 0 Å². The molecule has 0 aliphatic heterocycles. The van der Waals surface area contributed by atoms with Gasteiger partial charge in [-0.15, -0.1) is 0 Å². The Bertz CT molecular complexity index is 1670. The normalized spacial score (nSPS) is 13.5. The molecule has 0 spiro atoms. The second-order valence-electron chi connectivity index (χ2n) is 17.0. The summed E-state index contributed by atoms with van der Waals surface area (Å²) in [5, 5.41) is 0. The zero-order chi connectivity index (χ0) is 50.7. The SMILES string of the molecule is CC/C=C\C/C=C\C/C=C\C/C=C\C/C=C\C/C=C\C/C=C\CCCC(=O)OCC(COC(=O)CCCCCCC/C=C\C/C=C\CCCC)OC(=O)C/C=C\C/C=C\C/C=C\C/C=C\C/C=C\CC. The van der Waals surface area contributed by atoms with Crippen LogP contribution in [0.2, 0.25) is 0 Å². The smallest absolute Gasteiger partial charge is 0.310 e. The van der Waals surface area contributed by atoms with E-state index in [1.54, 1.807) is 6.08 Å². The average molecular weight is 961 g/mol. The summed E-state index contributed by atoms with van der Waals surface area (Å²) in [6.45, 7) is 6.19. The molecule has 0 N–H and O–H groups in total. The van der Waals surface area contributed by atoms with Crippen molar-refractivity contribution < 1.29 is 28.6 Å². The molecule has 0 saturated heterocycles. The van der Waals surface area contributed by atoms with Gasteiger partial charge in [0.25, 0.3) is 0 Å². The standard InChI is InChI=1S/C64H96O6/c1-4-7-10-13-16-19-22-25-28-29-30-31-32-33-34-35-37-39-42-45-48-51-54-57-63(66)69-60-61(59-68-62(65)56-53-50-47-44-41-38-27-24-21-18-15-12-9-6-3)70-64(67)58-55-52-49-46-43-40-36-26-23-20-17-14-11-8-5-2/h7-8,10-11,15-20,24-28,30-31,33-34,36-37,39,43,45-46,48,52,55,61H,4-6,9,12-14,21-23,29,32,35,38,40-42,44,47,49-51,53-54,56-60H2,1-3H3/b10-7-,11-8-,18-15-,19-16-,20-17-,27-24-,28-25-,31-30-,34-33-,36-26-,39-37-,46-43-,48-45-,55-52-. The fraction of sp³-hybridized carbons (Fsp3) is 0.516. The van der Waals surface area contributed by atoms with Gasteiger partial charge in [0.1, 0.15) is 13.2 Å². The third-order valence-corrected chi connectivity index (χ3v) is 10.5. The average Bonchev–Trinajstić information content (AvgIpc) is 3.36. The lowest BCUT2D eigenvalue weighted by Gasteiger charge is -2.18. The molecule has 0 bridgehead atoms. The van der Waals surface area contributed by atoms with Gasteiger partial charge in [0, 0.05) is 12.8 Å². The van der Waals surface area contributed by atoms with Crippen LogP contribution in [-0.2, 0) is 28.6 Å². The number of allylic oxidation sites excluding steroid dienone is 27. The summed E-state index contributed by atoms with van der Waals surface area (Å²) in [4.78, 5) is 38.0. The number of esters is 3. The lowest BCUT2D eigenvalue weighted by molar-refractivity contribution is -0.166. The van der Waals surface area contributed by atoms with Crippen molar-refractivity contribution in [1.29, 1.82) is 0 Å². The van der Waals surface area contributed by atoms with E-state index in [-0.39, 0.29) is 38.0 Å². The highest BCUT2D eigenvalue weighted by Crippen LogP contribution is 2.10. The summed E-state index contributed by atoms with van der Waals surface area (Å²) >= 11 is 0. The van der Waals surface area contributed by atoms with Crippen LogP contribution < -0.4 is 0 Å². The topological polar surface area (TPSA) is 78.9 Å². The van der Waals surface area contributed by atoms with Gasteiger partial charge in [-0.1, -0.05) is 223 Å². The summed E-state index contributed by atoms with van der Waals surface area (Å²) in [5.74, 6) is -1.17. The van der Waals surface area contributed by atoms with Gasteiger partial charge in [0.2, 0.25) is 0 Å². The summed E-state index contributed by atoms with van der Waals surface area (Å²) in [6.07, 6.45) is 83.7. The first-order valence-electron chi connectivity index (χ1n) is 27.1. The van der Waals surface area contributed by atoms with Gasteiger partial charge in [-0.05, 0) is 122 Å². The minimum Gasteiger partial charge on any atom is -0.462 e. The molecule has 0 saturated carbocycles. The van der Waals surface area contributed by atoms with E-state index in [0.29, 0.717) is 19.3 Å². The van der Waals surface area contributed by atoms with Crippen LogP contribution in [0.3, 0.4) is 0 Å². The Hall–Kier alpha value is -5.23. The van der Waals surface area contributed by atoms with E-state index >= 15 is 0 Å². The van der Waals surface area contributed by atoms with Crippen LogP contribution in [0.1, 0.15) is 194 Å². The van der Waals surface area contributed by atoms with Gasteiger partial charge >= 0.3 is 17.9 Å². The van der Waals surface area contributed by atoms with Crippen LogP contribution in [0.4, 0.5) is 0 Å². The summed E-state index contributed by atoms with van der Waals surface area (Å²) in [7, 11) is 0. The zero-order valence-electron chi connectivity index (χ0n) is 44.2. The largest absolute Gasteiger partial charge is 0.462 e. The highest BCUT2D eigenvalue weighted by Gasteiger charge is 2.19. The highest BCUT2D eigenvalue weighted by molar-refractivity contribution is 5.72.